The van der Waals surface area contributed by atoms with Crippen LogP contribution in [0.25, 0.3) is 10.2 Å². The Kier molecular flexibility index (Phi) is 6.90. The van der Waals surface area contributed by atoms with E-state index in [0.29, 0.717) is 41.8 Å². The third-order valence-corrected chi connectivity index (χ3v) is 9.64. The van der Waals surface area contributed by atoms with Crippen molar-refractivity contribution in [2.24, 2.45) is 0 Å². The first-order valence-electron chi connectivity index (χ1n) is 12.0. The second-order valence-electron chi connectivity index (χ2n) is 9.41. The molecule has 1 aromatic heterocycles. The molecule has 3 aromatic rings. The van der Waals surface area contributed by atoms with E-state index >= 15 is 0 Å². The van der Waals surface area contributed by atoms with E-state index in [-0.39, 0.29) is 23.6 Å². The second-order valence-corrected chi connectivity index (χ2v) is 12.3. The molecule has 1 fully saturated rings. The maximum Gasteiger partial charge on any atom is 0.260 e. The maximum atomic E-state index is 13.6. The second kappa shape index (κ2) is 9.97. The Morgan fingerprint density at radius 2 is 1.83 bits per heavy atom. The smallest absolute Gasteiger partial charge is 0.260 e. The minimum Gasteiger partial charge on any atom is -0.454 e. The van der Waals surface area contributed by atoms with Gasteiger partial charge in [-0.2, -0.15) is 4.31 Å². The van der Waals surface area contributed by atoms with Gasteiger partial charge in [0.2, 0.25) is 16.8 Å². The lowest BCUT2D eigenvalue weighted by Gasteiger charge is -2.32. The summed E-state index contributed by atoms with van der Waals surface area (Å²) in [4.78, 5) is 22.2. The fourth-order valence-electron chi connectivity index (χ4n) is 4.49. The fraction of sp³-hybridized carbons (Fsp3) is 0.440. The molecule has 2 aliphatic rings. The van der Waals surface area contributed by atoms with Crippen LogP contribution in [0.5, 0.6) is 11.5 Å². The van der Waals surface area contributed by atoms with Crippen molar-refractivity contribution in [2.45, 2.75) is 37.1 Å². The Morgan fingerprint density at radius 1 is 1.11 bits per heavy atom. The van der Waals surface area contributed by atoms with Gasteiger partial charge in [0.1, 0.15) is 0 Å². The summed E-state index contributed by atoms with van der Waals surface area (Å²) >= 11 is 1.41. The number of hydrogen-bond acceptors (Lipinski definition) is 8. The van der Waals surface area contributed by atoms with Crippen molar-refractivity contribution in [3.63, 3.8) is 0 Å². The number of benzene rings is 2. The van der Waals surface area contributed by atoms with Gasteiger partial charge in [-0.25, -0.2) is 13.4 Å². The monoisotopic (exact) mass is 530 g/mol. The van der Waals surface area contributed by atoms with Crippen LogP contribution >= 0.6 is 11.3 Å². The topological polar surface area (TPSA) is 92.3 Å². The lowest BCUT2D eigenvalue weighted by Crippen LogP contribution is -2.41. The third kappa shape index (κ3) is 4.80. The van der Waals surface area contributed by atoms with Crippen LogP contribution in [0, 0.1) is 0 Å². The highest BCUT2D eigenvalue weighted by Crippen LogP contribution is 2.40. The van der Waals surface area contributed by atoms with Crippen LogP contribution in [0.1, 0.15) is 36.5 Å². The molecule has 0 spiro atoms. The highest BCUT2D eigenvalue weighted by Gasteiger charge is 2.31. The molecule has 2 aromatic carbocycles. The first kappa shape index (κ1) is 24.9. The van der Waals surface area contributed by atoms with Gasteiger partial charge in [0, 0.05) is 43.4 Å². The Morgan fingerprint density at radius 3 is 2.53 bits per heavy atom. The van der Waals surface area contributed by atoms with Crippen molar-refractivity contribution in [2.75, 3.05) is 45.4 Å². The summed E-state index contributed by atoms with van der Waals surface area (Å²) in [6.45, 7) is 3.74. The molecule has 11 heteroatoms. The molecule has 0 bridgehead atoms. The van der Waals surface area contributed by atoms with E-state index in [9.17, 15) is 13.2 Å². The summed E-state index contributed by atoms with van der Waals surface area (Å²) in [5.74, 6) is 1.08. The Labute approximate surface area is 215 Å². The highest BCUT2D eigenvalue weighted by atomic mass is 32.2. The van der Waals surface area contributed by atoms with Gasteiger partial charge in [-0.05, 0) is 58.1 Å². The number of fused-ring (bicyclic) bond motifs is 2. The van der Waals surface area contributed by atoms with E-state index in [2.05, 4.69) is 0 Å². The molecule has 3 heterocycles. The molecule has 36 heavy (non-hydrogen) atoms. The lowest BCUT2D eigenvalue weighted by molar-refractivity contribution is 0.0985. The van der Waals surface area contributed by atoms with Crippen LogP contribution in [0.4, 0.5) is 5.13 Å². The average Bonchev–Trinajstić information content (AvgIpc) is 3.48. The van der Waals surface area contributed by atoms with Gasteiger partial charge >= 0.3 is 0 Å². The van der Waals surface area contributed by atoms with Gasteiger partial charge in [-0.15, -0.1) is 0 Å². The number of thiazole rings is 1. The van der Waals surface area contributed by atoms with Gasteiger partial charge in [0.15, 0.2) is 16.6 Å². The molecule has 0 unspecified atom stereocenters. The van der Waals surface area contributed by atoms with E-state index in [1.54, 1.807) is 21.3 Å². The molecule has 1 atom stereocenters. The van der Waals surface area contributed by atoms with Crippen LogP contribution in [0.15, 0.2) is 41.3 Å². The number of hydrogen-bond donors (Lipinski definition) is 0. The minimum atomic E-state index is -3.60. The summed E-state index contributed by atoms with van der Waals surface area (Å²) < 4.78 is 39.8. The quantitative estimate of drug-likeness (QED) is 0.459. The number of ether oxygens (including phenoxy) is 2. The van der Waals surface area contributed by atoms with E-state index in [4.69, 9.17) is 14.5 Å². The zero-order valence-corrected chi connectivity index (χ0v) is 22.3. The number of likely N-dealkylation sites (N-methyl/N-ethyl adjacent to an activating group) is 1. The zero-order chi connectivity index (χ0) is 25.4. The van der Waals surface area contributed by atoms with Gasteiger partial charge < -0.3 is 14.4 Å². The van der Waals surface area contributed by atoms with Crippen LogP contribution < -0.4 is 14.4 Å². The summed E-state index contributed by atoms with van der Waals surface area (Å²) in [5.41, 5.74) is 1.15. The predicted molar refractivity (Wildman–Crippen MR) is 140 cm³/mol. The Balaban J connectivity index is 1.43. The SMILES string of the molecule is C[C@@H]1CCCCN1S(=O)(=O)c1ccc(C(=O)N(CCN(C)C)c2nc3cc4c(cc3s2)OCO4)cc1. The van der Waals surface area contributed by atoms with Crippen molar-refractivity contribution in [1.29, 1.82) is 0 Å². The third-order valence-electron chi connectivity index (χ3n) is 6.57. The van der Waals surface area contributed by atoms with Gasteiger partial charge in [-0.3, -0.25) is 9.69 Å². The van der Waals surface area contributed by atoms with E-state index < -0.39 is 10.0 Å². The van der Waals surface area contributed by atoms with Crippen LogP contribution in [-0.4, -0.2) is 75.1 Å². The number of amides is 1. The fourth-order valence-corrected chi connectivity index (χ4v) is 7.19. The predicted octanol–water partition coefficient (Wildman–Crippen LogP) is 3.80. The maximum absolute atomic E-state index is 13.6. The Bertz CT molecular complexity index is 1330. The largest absolute Gasteiger partial charge is 0.454 e. The van der Waals surface area contributed by atoms with Crippen molar-refractivity contribution < 1.29 is 22.7 Å². The van der Waals surface area contributed by atoms with Crippen molar-refractivity contribution in [1.82, 2.24) is 14.2 Å². The molecule has 1 amide bonds. The number of piperidine rings is 1. The number of nitrogens with zero attached hydrogens (tertiary/aromatic N) is 4. The molecule has 0 aliphatic carbocycles. The van der Waals surface area contributed by atoms with Gasteiger partial charge in [0.05, 0.1) is 15.1 Å². The number of rotatable bonds is 7. The molecular weight excluding hydrogens is 500 g/mol. The zero-order valence-electron chi connectivity index (χ0n) is 20.6. The standard InChI is InChI=1S/C25H30N4O5S2/c1-17-6-4-5-11-29(17)36(31,32)19-9-7-18(8-10-19)24(30)28(13-12-27(2)3)25-26-20-14-21-22(34-16-33-21)15-23(20)35-25/h7-10,14-15,17H,4-6,11-13,16H2,1-3H3/t17-/m1/s1. The Hall–Kier alpha value is -2.73. The van der Waals surface area contributed by atoms with Gasteiger partial charge in [0.25, 0.3) is 5.91 Å². The van der Waals surface area contributed by atoms with E-state index in [0.717, 1.165) is 29.5 Å². The van der Waals surface area contributed by atoms with Crippen molar-refractivity contribution in [3.8, 4) is 11.5 Å². The molecular formula is C25H30N4O5S2. The molecule has 0 N–H and O–H groups in total. The first-order chi connectivity index (χ1) is 17.2. The number of aromatic nitrogens is 1. The molecule has 0 saturated carbocycles. The van der Waals surface area contributed by atoms with E-state index in [1.165, 1.54) is 23.5 Å². The summed E-state index contributed by atoms with van der Waals surface area (Å²) in [5, 5.41) is 0.569. The molecule has 192 valence electrons. The van der Waals surface area contributed by atoms with Crippen molar-refractivity contribution in [3.05, 3.63) is 42.0 Å². The molecule has 9 nitrogen and oxygen atoms in total. The molecule has 2 aliphatic heterocycles. The summed E-state index contributed by atoms with van der Waals surface area (Å²) in [6.07, 6.45) is 2.77. The molecule has 0 radical (unpaired) electrons. The molecule has 1 saturated heterocycles. The number of carbonyl (C=O) groups excluding carboxylic acids is 1. The van der Waals surface area contributed by atoms with Crippen LogP contribution in [0.2, 0.25) is 0 Å². The van der Waals surface area contributed by atoms with Crippen molar-refractivity contribution >= 4 is 42.6 Å². The highest BCUT2D eigenvalue weighted by molar-refractivity contribution is 7.89. The first-order valence-corrected chi connectivity index (χ1v) is 14.3. The minimum absolute atomic E-state index is 0.0252. The van der Waals surface area contributed by atoms with Gasteiger partial charge in [-0.1, -0.05) is 17.8 Å². The average molecular weight is 531 g/mol. The van der Waals surface area contributed by atoms with Crippen LogP contribution in [0.3, 0.4) is 0 Å². The van der Waals surface area contributed by atoms with E-state index in [1.807, 2.05) is 38.1 Å². The number of anilines is 1. The summed E-state index contributed by atoms with van der Waals surface area (Å²) in [6, 6.07) is 9.94. The van der Waals surface area contributed by atoms with Crippen LogP contribution in [-0.2, 0) is 10.0 Å². The lowest BCUT2D eigenvalue weighted by atomic mass is 10.1. The number of sulfonamides is 1. The summed E-state index contributed by atoms with van der Waals surface area (Å²) in [7, 11) is 0.289. The molecule has 5 rings (SSSR count). The number of carbonyl (C=O) groups is 1. The normalized spacial score (nSPS) is 18.2.